The van der Waals surface area contributed by atoms with Gasteiger partial charge in [0, 0.05) is 24.2 Å². The van der Waals surface area contributed by atoms with Crippen LogP contribution in [0.2, 0.25) is 0 Å². The molecule has 1 amide bonds. The molecule has 0 aliphatic heterocycles. The third-order valence-corrected chi connectivity index (χ3v) is 3.70. The number of rotatable bonds is 8. The minimum Gasteiger partial charge on any atom is -0.370 e. The highest BCUT2D eigenvalue weighted by Gasteiger charge is 2.30. The highest BCUT2D eigenvalue weighted by Crippen LogP contribution is 2.31. The highest BCUT2D eigenvalue weighted by molar-refractivity contribution is 5.73. The summed E-state index contributed by atoms with van der Waals surface area (Å²) in [6, 6.07) is 8.20. The zero-order chi connectivity index (χ0) is 19.9. The summed E-state index contributed by atoms with van der Waals surface area (Å²) in [5.41, 5.74) is 5.36. The van der Waals surface area contributed by atoms with Crippen LogP contribution < -0.4 is 11.1 Å². The van der Waals surface area contributed by atoms with E-state index in [1.807, 2.05) is 6.07 Å². The second kappa shape index (κ2) is 9.09. The van der Waals surface area contributed by atoms with E-state index in [1.54, 1.807) is 6.07 Å². The van der Waals surface area contributed by atoms with Crippen molar-refractivity contribution in [1.82, 2.24) is 15.3 Å². The number of primary amides is 1. The molecule has 1 aromatic heterocycles. The number of carbonyl (C=O) groups is 1. The molecule has 2 aromatic rings. The van der Waals surface area contributed by atoms with E-state index in [0.29, 0.717) is 31.6 Å². The number of hydrogen-bond acceptors (Lipinski definition) is 5. The fourth-order valence-corrected chi connectivity index (χ4v) is 2.41. The number of carbonyl (C=O) groups excluding carboxylic acids is 1. The minimum atomic E-state index is -4.46. The Morgan fingerprint density at radius 2 is 2.00 bits per heavy atom. The average Bonchev–Trinajstić information content (AvgIpc) is 2.63. The Hall–Kier alpha value is -2.99. The molecular weight excluding hydrogens is 359 g/mol. The van der Waals surface area contributed by atoms with Crippen LogP contribution in [0.1, 0.15) is 29.9 Å². The Morgan fingerprint density at radius 3 is 2.67 bits per heavy atom. The Morgan fingerprint density at radius 1 is 1.22 bits per heavy atom. The molecule has 3 N–H and O–H groups in total. The van der Waals surface area contributed by atoms with Gasteiger partial charge in [-0.3, -0.25) is 4.79 Å². The van der Waals surface area contributed by atoms with Crippen LogP contribution in [0, 0.1) is 11.3 Å². The first-order valence-electron chi connectivity index (χ1n) is 8.24. The summed E-state index contributed by atoms with van der Waals surface area (Å²) in [5, 5.41) is 12.2. The molecule has 27 heavy (non-hydrogen) atoms. The number of nitriles is 1. The van der Waals surface area contributed by atoms with E-state index in [9.17, 15) is 18.0 Å². The van der Waals surface area contributed by atoms with E-state index < -0.39 is 11.7 Å². The summed E-state index contributed by atoms with van der Waals surface area (Å²) >= 11 is 0. The van der Waals surface area contributed by atoms with E-state index in [4.69, 9.17) is 11.0 Å². The van der Waals surface area contributed by atoms with Crippen molar-refractivity contribution < 1.29 is 18.0 Å². The van der Waals surface area contributed by atoms with Gasteiger partial charge in [-0.15, -0.1) is 0 Å². The summed E-state index contributed by atoms with van der Waals surface area (Å²) in [5.74, 6) is -0.482. The molecule has 6 nitrogen and oxygen atoms in total. The molecule has 0 aliphatic carbocycles. The van der Waals surface area contributed by atoms with Crippen molar-refractivity contribution in [3.63, 3.8) is 0 Å². The smallest absolute Gasteiger partial charge is 0.370 e. The number of halogens is 3. The van der Waals surface area contributed by atoms with E-state index in [1.165, 1.54) is 12.1 Å². The molecule has 2 rings (SSSR count). The van der Waals surface area contributed by atoms with Crippen molar-refractivity contribution in [3.05, 3.63) is 47.4 Å². The van der Waals surface area contributed by atoms with Crippen LogP contribution in [0.15, 0.2) is 30.3 Å². The van der Waals surface area contributed by atoms with Gasteiger partial charge in [0.15, 0.2) is 0 Å². The van der Waals surface area contributed by atoms with E-state index >= 15 is 0 Å². The van der Waals surface area contributed by atoms with Crippen LogP contribution in [-0.4, -0.2) is 29.0 Å². The first-order chi connectivity index (χ1) is 12.8. The molecule has 0 fully saturated rings. The molecule has 0 aliphatic rings. The van der Waals surface area contributed by atoms with E-state index in [-0.39, 0.29) is 29.4 Å². The van der Waals surface area contributed by atoms with Gasteiger partial charge in [0.05, 0.1) is 11.3 Å². The van der Waals surface area contributed by atoms with Crippen LogP contribution in [0.25, 0.3) is 11.3 Å². The van der Waals surface area contributed by atoms with Gasteiger partial charge in [-0.05, 0) is 37.6 Å². The predicted molar refractivity (Wildman–Crippen MR) is 92.2 cm³/mol. The standard InChI is InChI=1S/C18H18F3N5O/c19-18(20,21)13-4-1-3-12(9-13)15-10-14(25-17(11-22)26-15)5-2-7-24-8-6-16(23)27/h1,3-4,9-10,24H,2,5-8H2,(H2,23,27). The molecule has 0 saturated carbocycles. The maximum atomic E-state index is 12.9. The molecule has 0 spiro atoms. The minimum absolute atomic E-state index is 0.0957. The number of benzene rings is 1. The van der Waals surface area contributed by atoms with Crippen LogP contribution in [0.4, 0.5) is 13.2 Å². The summed E-state index contributed by atoms with van der Waals surface area (Å²) in [6.07, 6.45) is -3.04. The lowest BCUT2D eigenvalue weighted by Gasteiger charge is -2.10. The molecule has 1 heterocycles. The molecule has 9 heteroatoms. The topological polar surface area (TPSA) is 105 Å². The van der Waals surface area contributed by atoms with Gasteiger partial charge < -0.3 is 11.1 Å². The molecule has 0 atom stereocenters. The third kappa shape index (κ3) is 6.34. The molecule has 142 valence electrons. The lowest BCUT2D eigenvalue weighted by molar-refractivity contribution is -0.137. The maximum Gasteiger partial charge on any atom is 0.416 e. The molecule has 0 bridgehead atoms. The summed E-state index contributed by atoms with van der Waals surface area (Å²) < 4.78 is 38.7. The number of nitrogens with two attached hydrogens (primary N) is 1. The van der Waals surface area contributed by atoms with E-state index in [2.05, 4.69) is 15.3 Å². The van der Waals surface area contributed by atoms with Gasteiger partial charge in [-0.1, -0.05) is 12.1 Å². The number of amides is 1. The number of aryl methyl sites for hydroxylation is 1. The van der Waals surface area contributed by atoms with Crippen molar-refractivity contribution in [2.24, 2.45) is 5.73 Å². The van der Waals surface area contributed by atoms with Crippen molar-refractivity contribution in [3.8, 4) is 17.3 Å². The number of hydrogen-bond donors (Lipinski definition) is 2. The summed E-state index contributed by atoms with van der Waals surface area (Å²) in [4.78, 5) is 18.8. The lowest BCUT2D eigenvalue weighted by atomic mass is 10.1. The average molecular weight is 377 g/mol. The lowest BCUT2D eigenvalue weighted by Crippen LogP contribution is -2.23. The monoisotopic (exact) mass is 377 g/mol. The zero-order valence-corrected chi connectivity index (χ0v) is 14.4. The van der Waals surface area contributed by atoms with E-state index in [0.717, 1.165) is 12.1 Å². The van der Waals surface area contributed by atoms with Gasteiger partial charge in [-0.2, -0.15) is 18.4 Å². The normalized spacial score (nSPS) is 11.2. The second-order valence-corrected chi connectivity index (χ2v) is 5.83. The zero-order valence-electron chi connectivity index (χ0n) is 14.4. The number of aromatic nitrogens is 2. The Bertz CT molecular complexity index is 846. The third-order valence-electron chi connectivity index (χ3n) is 3.70. The molecule has 0 unspecified atom stereocenters. The Labute approximate surface area is 154 Å². The quantitative estimate of drug-likeness (QED) is 0.688. The summed E-state index contributed by atoms with van der Waals surface area (Å²) in [7, 11) is 0. The molecule has 0 saturated heterocycles. The van der Waals surface area contributed by atoms with Gasteiger partial charge >= 0.3 is 6.18 Å². The fraction of sp³-hybridized carbons (Fsp3) is 0.333. The maximum absolute atomic E-state index is 12.9. The van der Waals surface area contributed by atoms with Gasteiger partial charge in [0.1, 0.15) is 6.07 Å². The van der Waals surface area contributed by atoms with Crippen molar-refractivity contribution in [1.29, 1.82) is 5.26 Å². The van der Waals surface area contributed by atoms with Gasteiger partial charge in [-0.25, -0.2) is 9.97 Å². The number of nitrogens with one attached hydrogen (secondary N) is 1. The van der Waals surface area contributed by atoms with Crippen molar-refractivity contribution >= 4 is 5.91 Å². The van der Waals surface area contributed by atoms with Crippen molar-refractivity contribution in [2.75, 3.05) is 13.1 Å². The highest BCUT2D eigenvalue weighted by atomic mass is 19.4. The Kier molecular flexibility index (Phi) is 6.85. The fourth-order valence-electron chi connectivity index (χ4n) is 2.41. The largest absolute Gasteiger partial charge is 0.416 e. The predicted octanol–water partition coefficient (Wildman–Crippen LogP) is 2.43. The van der Waals surface area contributed by atoms with Gasteiger partial charge in [0.25, 0.3) is 0 Å². The van der Waals surface area contributed by atoms with Gasteiger partial charge in [0.2, 0.25) is 11.7 Å². The van der Waals surface area contributed by atoms with Crippen LogP contribution in [0.3, 0.4) is 0 Å². The summed E-state index contributed by atoms with van der Waals surface area (Å²) in [6.45, 7) is 1.08. The number of nitrogens with zero attached hydrogens (tertiary/aromatic N) is 3. The SMILES string of the molecule is N#Cc1nc(CCCNCCC(N)=O)cc(-c2cccc(C(F)(F)F)c2)n1. The Balaban J connectivity index is 2.11. The first-order valence-corrected chi connectivity index (χ1v) is 8.24. The molecule has 1 aromatic carbocycles. The number of alkyl halides is 3. The first kappa shape index (κ1) is 20.3. The van der Waals surface area contributed by atoms with Crippen molar-refractivity contribution in [2.45, 2.75) is 25.4 Å². The second-order valence-electron chi connectivity index (χ2n) is 5.83. The van der Waals surface area contributed by atoms with Crippen LogP contribution in [-0.2, 0) is 17.4 Å². The molecule has 0 radical (unpaired) electrons. The van der Waals surface area contributed by atoms with Crippen LogP contribution in [0.5, 0.6) is 0 Å². The molecular formula is C18H18F3N5O. The van der Waals surface area contributed by atoms with Crippen LogP contribution >= 0.6 is 0 Å².